The summed E-state index contributed by atoms with van der Waals surface area (Å²) in [5, 5.41) is 13.3. The molecule has 0 atom stereocenters. The van der Waals surface area contributed by atoms with Crippen molar-refractivity contribution in [1.82, 2.24) is 14.9 Å². The molecule has 5 rings (SSSR count). The summed E-state index contributed by atoms with van der Waals surface area (Å²) in [6.45, 7) is 0.649. The molecule has 8 heteroatoms. The summed E-state index contributed by atoms with van der Waals surface area (Å²) in [4.78, 5) is 35.8. The van der Waals surface area contributed by atoms with Crippen LogP contribution in [0.5, 0.6) is 0 Å². The highest BCUT2D eigenvalue weighted by Crippen LogP contribution is 2.34. The maximum atomic E-state index is 12.8. The van der Waals surface area contributed by atoms with Crippen molar-refractivity contribution in [1.29, 1.82) is 0 Å². The largest absolute Gasteiger partial charge is 0.459 e. The average molecular weight is 404 g/mol. The van der Waals surface area contributed by atoms with E-state index in [1.807, 2.05) is 24.3 Å². The standard InChI is InChI=1S/C22H21N5O3/c28-19(25-18-9-6-14(12-24-18)17-5-1-2-10-23-17)13-26-11-3-4-16-20(26)22(30)27(21(16)29)15-7-8-15/h1-2,5-6,9-10,12,15H,3-4,7-8,11,13H2,(H,23,24,25,28)/p+1. The second-order valence-corrected chi connectivity index (χ2v) is 7.78. The molecular weight excluding hydrogens is 382 g/mol. The van der Waals surface area contributed by atoms with Gasteiger partial charge in [0, 0.05) is 37.3 Å². The topological polar surface area (TPSA) is 98.4 Å². The molecule has 0 unspecified atom stereocenters. The highest BCUT2D eigenvalue weighted by molar-refractivity contribution is 6.07. The summed E-state index contributed by atoms with van der Waals surface area (Å²) < 4.78 is 1.50. The molecule has 3 aliphatic rings. The summed E-state index contributed by atoms with van der Waals surface area (Å²) in [5.41, 5.74) is 2.82. The normalized spacial score (nSPS) is 18.7. The van der Waals surface area contributed by atoms with Crippen molar-refractivity contribution in [3.63, 3.8) is 0 Å². The smallest absolute Gasteiger partial charge is 0.439 e. The van der Waals surface area contributed by atoms with Gasteiger partial charge in [-0.2, -0.15) is 0 Å². The van der Waals surface area contributed by atoms with E-state index in [1.54, 1.807) is 23.4 Å². The van der Waals surface area contributed by atoms with E-state index >= 15 is 0 Å². The second-order valence-electron chi connectivity index (χ2n) is 7.78. The van der Waals surface area contributed by atoms with E-state index in [2.05, 4.69) is 15.3 Å². The molecule has 0 radical (unpaired) electrons. The van der Waals surface area contributed by atoms with Gasteiger partial charge in [-0.1, -0.05) is 6.07 Å². The molecular formula is C22H22N5O3+. The second kappa shape index (κ2) is 7.37. The number of nitrogens with zero attached hydrogens (tertiary/aromatic N) is 4. The van der Waals surface area contributed by atoms with Gasteiger partial charge in [-0.15, -0.1) is 4.58 Å². The minimum absolute atomic E-state index is 0.0417. The number of amides is 2. The summed E-state index contributed by atoms with van der Waals surface area (Å²) >= 11 is 0. The molecule has 0 spiro atoms. The first-order valence-corrected chi connectivity index (χ1v) is 10.2. The Hall–Kier alpha value is -3.55. The zero-order valence-electron chi connectivity index (χ0n) is 16.4. The van der Waals surface area contributed by atoms with Gasteiger partial charge in [-0.3, -0.25) is 9.78 Å². The van der Waals surface area contributed by atoms with Gasteiger partial charge in [-0.25, -0.2) is 9.78 Å². The van der Waals surface area contributed by atoms with Crippen LogP contribution in [0.4, 0.5) is 5.82 Å². The van der Waals surface area contributed by atoms with E-state index in [4.69, 9.17) is 0 Å². The first kappa shape index (κ1) is 18.5. The maximum Gasteiger partial charge on any atom is 0.439 e. The summed E-state index contributed by atoms with van der Waals surface area (Å²) in [6.07, 6.45) is 6.66. The van der Waals surface area contributed by atoms with Crippen LogP contribution in [0.15, 0.2) is 54.0 Å². The highest BCUT2D eigenvalue weighted by Gasteiger charge is 2.51. The minimum Gasteiger partial charge on any atom is -0.459 e. The number of aromatic nitrogens is 2. The maximum absolute atomic E-state index is 12.8. The predicted molar refractivity (Wildman–Crippen MR) is 110 cm³/mol. The van der Waals surface area contributed by atoms with E-state index in [0.717, 1.165) is 30.5 Å². The van der Waals surface area contributed by atoms with Crippen LogP contribution in [0.25, 0.3) is 11.3 Å². The number of nitrogens with one attached hydrogen (secondary N) is 1. The van der Waals surface area contributed by atoms with Gasteiger partial charge in [0.2, 0.25) is 5.91 Å². The SMILES string of the molecule is O=C(CN1CCCC2=C1C(=O)[N+](C1CC1)=C2O)Nc1ccc(-c2ccccn2)cn1. The van der Waals surface area contributed by atoms with E-state index in [1.165, 1.54) is 4.58 Å². The molecule has 2 N–H and O–H groups in total. The van der Waals surface area contributed by atoms with Crippen LogP contribution in [0.1, 0.15) is 25.7 Å². The fourth-order valence-corrected chi connectivity index (χ4v) is 4.04. The van der Waals surface area contributed by atoms with Gasteiger partial charge >= 0.3 is 11.8 Å². The fourth-order valence-electron chi connectivity index (χ4n) is 4.04. The van der Waals surface area contributed by atoms with Crippen molar-refractivity contribution in [2.24, 2.45) is 0 Å². The Bertz CT molecular complexity index is 1070. The number of aliphatic hydroxyl groups excluding tert-OH is 1. The number of rotatable bonds is 5. The Labute approximate surface area is 173 Å². The number of carbonyl (C=O) groups is 2. The Morgan fingerprint density at radius 1 is 1.23 bits per heavy atom. The molecule has 4 heterocycles. The van der Waals surface area contributed by atoms with E-state index in [0.29, 0.717) is 30.1 Å². The summed E-state index contributed by atoms with van der Waals surface area (Å²) in [6, 6.07) is 9.34. The molecule has 152 valence electrons. The Balaban J connectivity index is 1.26. The predicted octanol–water partition coefficient (Wildman–Crippen LogP) is 2.10. The lowest BCUT2D eigenvalue weighted by molar-refractivity contribution is -0.464. The quantitative estimate of drug-likeness (QED) is 0.741. The molecule has 0 saturated heterocycles. The summed E-state index contributed by atoms with van der Waals surface area (Å²) in [5.74, 6) is 0.0846. The van der Waals surface area contributed by atoms with Crippen LogP contribution in [0, 0.1) is 0 Å². The monoisotopic (exact) mass is 404 g/mol. The number of aliphatic hydroxyl groups is 1. The molecule has 30 heavy (non-hydrogen) atoms. The molecule has 1 saturated carbocycles. The lowest BCUT2D eigenvalue weighted by atomic mass is 10.0. The average Bonchev–Trinajstić information content (AvgIpc) is 3.56. The highest BCUT2D eigenvalue weighted by atomic mass is 16.3. The van der Waals surface area contributed by atoms with Crippen molar-refractivity contribution in [2.75, 3.05) is 18.4 Å². The molecule has 2 aromatic heterocycles. The molecule has 1 fully saturated rings. The Morgan fingerprint density at radius 3 is 2.80 bits per heavy atom. The fraction of sp³-hybridized carbons (Fsp3) is 0.318. The first-order valence-electron chi connectivity index (χ1n) is 10.2. The Kier molecular flexibility index (Phi) is 4.54. The third-order valence-corrected chi connectivity index (χ3v) is 5.61. The van der Waals surface area contributed by atoms with Crippen LogP contribution >= 0.6 is 0 Å². The van der Waals surface area contributed by atoms with Crippen LogP contribution in [-0.2, 0) is 9.59 Å². The van der Waals surface area contributed by atoms with Crippen LogP contribution in [-0.4, -0.2) is 61.4 Å². The van der Waals surface area contributed by atoms with Gasteiger partial charge < -0.3 is 15.3 Å². The number of anilines is 1. The van der Waals surface area contributed by atoms with Crippen LogP contribution in [0.3, 0.4) is 0 Å². The van der Waals surface area contributed by atoms with Crippen molar-refractivity contribution in [3.8, 4) is 11.3 Å². The van der Waals surface area contributed by atoms with Gasteiger partial charge in [-0.05, 0) is 37.1 Å². The number of carbonyl (C=O) groups excluding carboxylic acids is 2. The number of hydrogen-bond donors (Lipinski definition) is 2. The number of pyridine rings is 2. The van der Waals surface area contributed by atoms with E-state index in [9.17, 15) is 14.7 Å². The van der Waals surface area contributed by atoms with Crippen molar-refractivity contribution in [3.05, 3.63) is 54.0 Å². The molecule has 1 aliphatic carbocycles. The molecule has 0 bridgehead atoms. The zero-order chi connectivity index (χ0) is 20.7. The van der Waals surface area contributed by atoms with Crippen molar-refractivity contribution < 1.29 is 19.3 Å². The third kappa shape index (κ3) is 3.34. The first-order chi connectivity index (χ1) is 14.6. The Morgan fingerprint density at radius 2 is 2.10 bits per heavy atom. The summed E-state index contributed by atoms with van der Waals surface area (Å²) in [7, 11) is 0. The molecule has 0 aromatic carbocycles. The zero-order valence-corrected chi connectivity index (χ0v) is 16.4. The third-order valence-electron chi connectivity index (χ3n) is 5.61. The molecule has 8 nitrogen and oxygen atoms in total. The van der Waals surface area contributed by atoms with Crippen LogP contribution < -0.4 is 5.32 Å². The van der Waals surface area contributed by atoms with Gasteiger partial charge in [0.25, 0.3) is 0 Å². The van der Waals surface area contributed by atoms with E-state index in [-0.39, 0.29) is 30.3 Å². The number of hydrogen-bond acceptors (Lipinski definition) is 5. The molecule has 2 amide bonds. The lowest BCUT2D eigenvalue weighted by Gasteiger charge is -2.26. The van der Waals surface area contributed by atoms with Crippen LogP contribution in [0.2, 0.25) is 0 Å². The van der Waals surface area contributed by atoms with Crippen molar-refractivity contribution >= 4 is 23.5 Å². The minimum atomic E-state index is -0.251. The van der Waals surface area contributed by atoms with Crippen molar-refractivity contribution in [2.45, 2.75) is 31.7 Å². The van der Waals surface area contributed by atoms with Gasteiger partial charge in [0.15, 0.2) is 11.7 Å². The van der Waals surface area contributed by atoms with Gasteiger partial charge in [0.05, 0.1) is 17.8 Å². The van der Waals surface area contributed by atoms with Gasteiger partial charge in [0.1, 0.15) is 5.82 Å². The lowest BCUT2D eigenvalue weighted by Crippen LogP contribution is -2.39. The molecule has 2 aliphatic heterocycles. The van der Waals surface area contributed by atoms with E-state index < -0.39 is 0 Å². The molecule has 2 aromatic rings.